The minimum absolute atomic E-state index is 0.187. The topological polar surface area (TPSA) is 69.2 Å². The smallest absolute Gasteiger partial charge is 0.321 e. The zero-order valence-electron chi connectivity index (χ0n) is 9.33. The maximum absolute atomic E-state index is 12.5. The highest BCUT2D eigenvalue weighted by atomic mass is 19.4. The van der Waals surface area contributed by atoms with Crippen LogP contribution in [0.4, 0.5) is 18.9 Å². The molecule has 0 bridgehead atoms. The molecule has 4 nitrogen and oxygen atoms in total. The van der Waals surface area contributed by atoms with E-state index in [0.717, 1.165) is 18.6 Å². The van der Waals surface area contributed by atoms with Gasteiger partial charge >= 0.3 is 6.18 Å². The van der Waals surface area contributed by atoms with Gasteiger partial charge in [0.2, 0.25) is 0 Å². The van der Waals surface area contributed by atoms with E-state index in [-0.39, 0.29) is 5.56 Å². The van der Waals surface area contributed by atoms with Gasteiger partial charge in [0.15, 0.2) is 0 Å². The molecule has 0 spiro atoms. The molecule has 0 saturated heterocycles. The third-order valence-corrected chi connectivity index (χ3v) is 3.30. The molecule has 0 radical (unpaired) electrons. The molecule has 1 saturated carbocycles. The molecule has 1 aliphatic carbocycles. The first kappa shape index (κ1) is 12.8. The molecule has 18 heavy (non-hydrogen) atoms. The molecule has 2 N–H and O–H groups in total. The third kappa shape index (κ3) is 2.05. The SMILES string of the molecule is NC1(c2ccc(C(F)(F)F)cc2[N+](=O)[O-])CCC1. The van der Waals surface area contributed by atoms with E-state index in [0.29, 0.717) is 18.9 Å². The van der Waals surface area contributed by atoms with Gasteiger partial charge in [-0.05, 0) is 31.4 Å². The van der Waals surface area contributed by atoms with E-state index in [1.807, 2.05) is 0 Å². The van der Waals surface area contributed by atoms with Crippen molar-refractivity contribution in [2.24, 2.45) is 5.73 Å². The second-order valence-electron chi connectivity index (χ2n) is 4.50. The van der Waals surface area contributed by atoms with E-state index in [2.05, 4.69) is 0 Å². The van der Waals surface area contributed by atoms with Crippen LogP contribution in [0.2, 0.25) is 0 Å². The molecule has 0 amide bonds. The molecule has 0 atom stereocenters. The van der Waals surface area contributed by atoms with Gasteiger partial charge in [0.1, 0.15) is 0 Å². The molecule has 1 fully saturated rings. The van der Waals surface area contributed by atoms with Gasteiger partial charge in [-0.15, -0.1) is 0 Å². The van der Waals surface area contributed by atoms with Crippen LogP contribution in [0.3, 0.4) is 0 Å². The van der Waals surface area contributed by atoms with E-state index in [1.54, 1.807) is 0 Å². The Bertz CT molecular complexity index is 496. The van der Waals surface area contributed by atoms with Crippen molar-refractivity contribution in [2.45, 2.75) is 31.0 Å². The summed E-state index contributed by atoms with van der Waals surface area (Å²) in [5.74, 6) is 0. The van der Waals surface area contributed by atoms with E-state index < -0.39 is 27.9 Å². The Morgan fingerprint density at radius 3 is 2.33 bits per heavy atom. The lowest BCUT2D eigenvalue weighted by atomic mass is 9.72. The standard InChI is InChI=1S/C11H11F3N2O2/c12-11(13,14)7-2-3-8(9(6-7)16(17)18)10(15)4-1-5-10/h2-3,6H,1,4-5,15H2. The minimum atomic E-state index is -4.59. The van der Waals surface area contributed by atoms with Gasteiger partial charge in [-0.3, -0.25) is 10.1 Å². The highest BCUT2D eigenvalue weighted by Gasteiger charge is 2.41. The lowest BCUT2D eigenvalue weighted by molar-refractivity contribution is -0.386. The summed E-state index contributed by atoms with van der Waals surface area (Å²) in [4.78, 5) is 10.1. The molecule has 98 valence electrons. The van der Waals surface area contributed by atoms with Crippen molar-refractivity contribution in [3.8, 4) is 0 Å². The number of alkyl halides is 3. The lowest BCUT2D eigenvalue weighted by Gasteiger charge is -2.38. The van der Waals surface area contributed by atoms with Crippen LogP contribution in [-0.2, 0) is 11.7 Å². The van der Waals surface area contributed by atoms with E-state index in [9.17, 15) is 23.3 Å². The van der Waals surface area contributed by atoms with Crippen LogP contribution in [0, 0.1) is 10.1 Å². The number of halogens is 3. The van der Waals surface area contributed by atoms with Gasteiger partial charge in [-0.2, -0.15) is 13.2 Å². The molecular formula is C11H11F3N2O2. The fourth-order valence-electron chi connectivity index (χ4n) is 2.11. The van der Waals surface area contributed by atoms with Crippen molar-refractivity contribution in [2.75, 3.05) is 0 Å². The molecule has 1 aliphatic rings. The molecule has 0 heterocycles. The third-order valence-electron chi connectivity index (χ3n) is 3.30. The minimum Gasteiger partial charge on any atom is -0.321 e. The van der Waals surface area contributed by atoms with E-state index >= 15 is 0 Å². The second kappa shape index (κ2) is 3.94. The molecule has 1 aromatic rings. The van der Waals surface area contributed by atoms with Gasteiger partial charge < -0.3 is 5.73 Å². The average Bonchev–Trinajstić information content (AvgIpc) is 2.23. The summed E-state index contributed by atoms with van der Waals surface area (Å²) in [5.41, 5.74) is 3.69. The van der Waals surface area contributed by atoms with Crippen LogP contribution in [-0.4, -0.2) is 4.92 Å². The molecule has 1 aromatic carbocycles. The number of nitro benzene ring substituents is 1. The summed E-state index contributed by atoms with van der Waals surface area (Å²) in [6.45, 7) is 0. The monoisotopic (exact) mass is 260 g/mol. The Hall–Kier alpha value is -1.63. The van der Waals surface area contributed by atoms with Crippen LogP contribution >= 0.6 is 0 Å². The van der Waals surface area contributed by atoms with Gasteiger partial charge in [0, 0.05) is 17.2 Å². The van der Waals surface area contributed by atoms with Crippen molar-refractivity contribution in [1.29, 1.82) is 0 Å². The lowest BCUT2D eigenvalue weighted by Crippen LogP contribution is -2.43. The fraction of sp³-hybridized carbons (Fsp3) is 0.455. The average molecular weight is 260 g/mol. The highest BCUT2D eigenvalue weighted by molar-refractivity contribution is 5.49. The van der Waals surface area contributed by atoms with Crippen molar-refractivity contribution in [3.05, 3.63) is 39.4 Å². The summed E-state index contributed by atoms with van der Waals surface area (Å²) in [6, 6.07) is 2.53. The zero-order chi connectivity index (χ0) is 13.6. The Labute approximate surface area is 101 Å². The number of hydrogen-bond acceptors (Lipinski definition) is 3. The molecule has 7 heteroatoms. The number of nitro groups is 1. The normalized spacial score (nSPS) is 18.2. The number of nitrogens with two attached hydrogens (primary N) is 1. The quantitative estimate of drug-likeness (QED) is 0.656. The van der Waals surface area contributed by atoms with Crippen LogP contribution in [0.5, 0.6) is 0 Å². The molecule has 2 rings (SSSR count). The number of benzene rings is 1. The Kier molecular flexibility index (Phi) is 2.81. The van der Waals surface area contributed by atoms with Crippen molar-refractivity contribution < 1.29 is 18.1 Å². The van der Waals surface area contributed by atoms with Gasteiger partial charge in [-0.1, -0.05) is 0 Å². The first-order chi connectivity index (χ1) is 8.24. The van der Waals surface area contributed by atoms with Crippen molar-refractivity contribution in [1.82, 2.24) is 0 Å². The summed E-state index contributed by atoms with van der Waals surface area (Å²) < 4.78 is 37.5. The Balaban J connectivity index is 2.52. The fourth-order valence-corrected chi connectivity index (χ4v) is 2.11. The number of nitrogens with zero attached hydrogens (tertiary/aromatic N) is 1. The van der Waals surface area contributed by atoms with Crippen LogP contribution in [0.1, 0.15) is 30.4 Å². The number of rotatable bonds is 2. The van der Waals surface area contributed by atoms with Gasteiger partial charge in [0.25, 0.3) is 5.69 Å². The van der Waals surface area contributed by atoms with Crippen LogP contribution < -0.4 is 5.73 Å². The largest absolute Gasteiger partial charge is 0.416 e. The maximum Gasteiger partial charge on any atom is 0.416 e. The van der Waals surface area contributed by atoms with Crippen LogP contribution in [0.25, 0.3) is 0 Å². The summed E-state index contributed by atoms with van der Waals surface area (Å²) >= 11 is 0. The second-order valence-corrected chi connectivity index (χ2v) is 4.50. The predicted molar refractivity (Wildman–Crippen MR) is 57.8 cm³/mol. The van der Waals surface area contributed by atoms with E-state index in [1.165, 1.54) is 0 Å². The maximum atomic E-state index is 12.5. The zero-order valence-corrected chi connectivity index (χ0v) is 9.33. The van der Waals surface area contributed by atoms with E-state index in [4.69, 9.17) is 5.73 Å². The molecule has 0 aliphatic heterocycles. The molecule has 0 aromatic heterocycles. The highest BCUT2D eigenvalue weighted by Crippen LogP contribution is 2.44. The van der Waals surface area contributed by atoms with Gasteiger partial charge in [-0.25, -0.2) is 0 Å². The Morgan fingerprint density at radius 1 is 1.33 bits per heavy atom. The Morgan fingerprint density at radius 2 is 1.94 bits per heavy atom. The van der Waals surface area contributed by atoms with Crippen molar-refractivity contribution >= 4 is 5.69 Å². The van der Waals surface area contributed by atoms with Crippen molar-refractivity contribution in [3.63, 3.8) is 0 Å². The number of hydrogen-bond donors (Lipinski definition) is 1. The first-order valence-electron chi connectivity index (χ1n) is 5.39. The van der Waals surface area contributed by atoms with Gasteiger partial charge in [0.05, 0.1) is 10.5 Å². The first-order valence-corrected chi connectivity index (χ1v) is 5.39. The summed E-state index contributed by atoms with van der Waals surface area (Å²) in [7, 11) is 0. The summed E-state index contributed by atoms with van der Waals surface area (Å²) in [5, 5.41) is 10.9. The molecule has 0 unspecified atom stereocenters. The van der Waals surface area contributed by atoms with Crippen LogP contribution in [0.15, 0.2) is 18.2 Å². The predicted octanol–water partition coefficient (Wildman–Crippen LogP) is 2.95. The molecular weight excluding hydrogens is 249 g/mol. The summed E-state index contributed by atoms with van der Waals surface area (Å²) in [6.07, 6.45) is -2.66.